The lowest BCUT2D eigenvalue weighted by molar-refractivity contribution is 0.196. The fourth-order valence-electron chi connectivity index (χ4n) is 3.30. The lowest BCUT2D eigenvalue weighted by Gasteiger charge is -2.31. The van der Waals surface area contributed by atoms with Gasteiger partial charge in [-0.2, -0.15) is 10.2 Å². The predicted molar refractivity (Wildman–Crippen MR) is 87.2 cm³/mol. The van der Waals surface area contributed by atoms with Gasteiger partial charge in [-0.15, -0.1) is 0 Å². The summed E-state index contributed by atoms with van der Waals surface area (Å²) in [5.74, 6) is 1.08. The van der Waals surface area contributed by atoms with Crippen molar-refractivity contribution in [2.75, 3.05) is 13.1 Å². The van der Waals surface area contributed by atoms with E-state index in [4.69, 9.17) is 0 Å². The van der Waals surface area contributed by atoms with Crippen LogP contribution in [0.1, 0.15) is 30.1 Å². The van der Waals surface area contributed by atoms with Crippen LogP contribution >= 0.6 is 0 Å². The number of rotatable bonds is 4. The molecule has 1 atom stereocenters. The molecular formula is C17H19FN6. The first-order chi connectivity index (χ1) is 11.8. The topological polar surface area (TPSA) is 62.6 Å². The standard InChI is InChI=1S/C17H19FN6/c18-15-5-1-2-6-16(15)24-10-13(8-21-24)9-23-7-3-4-14(11-23)17-19-12-20-22-17/h1-2,5-6,8,10,12,14H,3-4,7,9,11H2,(H,19,20,22). The Morgan fingerprint density at radius 3 is 3.04 bits per heavy atom. The van der Waals surface area contributed by atoms with Gasteiger partial charge in [0.15, 0.2) is 0 Å². The van der Waals surface area contributed by atoms with E-state index in [1.807, 2.05) is 18.5 Å². The number of benzene rings is 1. The molecular weight excluding hydrogens is 307 g/mol. The Morgan fingerprint density at radius 1 is 1.29 bits per heavy atom. The number of likely N-dealkylation sites (tertiary alicyclic amines) is 1. The number of hydrogen-bond donors (Lipinski definition) is 1. The minimum Gasteiger partial charge on any atom is -0.298 e. The van der Waals surface area contributed by atoms with E-state index in [0.29, 0.717) is 11.6 Å². The third-order valence-electron chi connectivity index (χ3n) is 4.47. The second-order valence-corrected chi connectivity index (χ2v) is 6.19. The smallest absolute Gasteiger partial charge is 0.148 e. The average molecular weight is 326 g/mol. The third kappa shape index (κ3) is 3.07. The van der Waals surface area contributed by atoms with Crippen molar-refractivity contribution >= 4 is 0 Å². The summed E-state index contributed by atoms with van der Waals surface area (Å²) in [5, 5.41) is 11.2. The van der Waals surface area contributed by atoms with E-state index >= 15 is 0 Å². The highest BCUT2D eigenvalue weighted by Crippen LogP contribution is 2.25. The fourth-order valence-corrected chi connectivity index (χ4v) is 3.30. The van der Waals surface area contributed by atoms with Crippen molar-refractivity contribution < 1.29 is 4.39 Å². The van der Waals surface area contributed by atoms with Gasteiger partial charge in [0, 0.05) is 30.8 Å². The third-order valence-corrected chi connectivity index (χ3v) is 4.47. The SMILES string of the molecule is Fc1ccccc1-n1cc(CN2CCCC(c3ncn[nH]3)C2)cn1. The molecule has 1 unspecified atom stereocenters. The van der Waals surface area contributed by atoms with Crippen molar-refractivity contribution in [1.82, 2.24) is 29.9 Å². The number of nitrogens with zero attached hydrogens (tertiary/aromatic N) is 5. The van der Waals surface area contributed by atoms with Gasteiger partial charge in [0.1, 0.15) is 23.7 Å². The number of aromatic nitrogens is 5. The molecule has 0 spiro atoms. The van der Waals surface area contributed by atoms with Crippen LogP contribution in [0.4, 0.5) is 4.39 Å². The van der Waals surface area contributed by atoms with Crippen LogP contribution in [-0.4, -0.2) is 43.0 Å². The van der Waals surface area contributed by atoms with E-state index in [1.165, 1.54) is 6.07 Å². The number of H-pyrrole nitrogens is 1. The quantitative estimate of drug-likeness (QED) is 0.800. The van der Waals surface area contributed by atoms with Crippen LogP contribution in [0.25, 0.3) is 5.69 Å². The van der Waals surface area contributed by atoms with Crippen LogP contribution in [-0.2, 0) is 6.54 Å². The number of aromatic amines is 1. The first-order valence-corrected chi connectivity index (χ1v) is 8.15. The van der Waals surface area contributed by atoms with Crippen molar-refractivity contribution in [2.24, 2.45) is 0 Å². The lowest BCUT2D eigenvalue weighted by Crippen LogP contribution is -2.34. The van der Waals surface area contributed by atoms with Gasteiger partial charge < -0.3 is 0 Å². The number of nitrogens with one attached hydrogen (secondary N) is 1. The second kappa shape index (κ2) is 6.52. The number of hydrogen-bond acceptors (Lipinski definition) is 4. The summed E-state index contributed by atoms with van der Waals surface area (Å²) in [7, 11) is 0. The summed E-state index contributed by atoms with van der Waals surface area (Å²) in [5.41, 5.74) is 1.55. The second-order valence-electron chi connectivity index (χ2n) is 6.19. The van der Waals surface area contributed by atoms with E-state index in [2.05, 4.69) is 25.2 Å². The van der Waals surface area contributed by atoms with E-state index < -0.39 is 0 Å². The maximum Gasteiger partial charge on any atom is 0.148 e. The normalized spacial score (nSPS) is 18.8. The van der Waals surface area contributed by atoms with E-state index in [1.54, 1.807) is 23.1 Å². The maximum absolute atomic E-state index is 13.9. The van der Waals surface area contributed by atoms with Gasteiger partial charge in [-0.1, -0.05) is 12.1 Å². The van der Waals surface area contributed by atoms with E-state index in [9.17, 15) is 4.39 Å². The summed E-state index contributed by atoms with van der Waals surface area (Å²) in [6.45, 7) is 2.80. The van der Waals surface area contributed by atoms with Crippen LogP contribution < -0.4 is 0 Å². The average Bonchev–Trinajstić information content (AvgIpc) is 3.27. The Labute approximate surface area is 139 Å². The van der Waals surface area contributed by atoms with Crippen molar-refractivity contribution in [3.05, 3.63) is 60.2 Å². The highest BCUT2D eigenvalue weighted by atomic mass is 19.1. The molecule has 124 valence electrons. The van der Waals surface area contributed by atoms with Gasteiger partial charge in [0.25, 0.3) is 0 Å². The monoisotopic (exact) mass is 326 g/mol. The lowest BCUT2D eigenvalue weighted by atomic mass is 9.97. The summed E-state index contributed by atoms with van der Waals surface area (Å²) < 4.78 is 15.5. The van der Waals surface area contributed by atoms with Gasteiger partial charge >= 0.3 is 0 Å². The van der Waals surface area contributed by atoms with Gasteiger partial charge in [0.2, 0.25) is 0 Å². The molecule has 1 saturated heterocycles. The molecule has 1 N–H and O–H groups in total. The highest BCUT2D eigenvalue weighted by Gasteiger charge is 2.23. The van der Waals surface area contributed by atoms with E-state index in [0.717, 1.165) is 43.9 Å². The molecule has 1 aromatic carbocycles. The zero-order valence-electron chi connectivity index (χ0n) is 13.3. The van der Waals surface area contributed by atoms with Crippen LogP contribution in [0.3, 0.4) is 0 Å². The van der Waals surface area contributed by atoms with Crippen molar-refractivity contribution in [3.8, 4) is 5.69 Å². The molecule has 0 radical (unpaired) electrons. The van der Waals surface area contributed by atoms with Crippen molar-refractivity contribution in [2.45, 2.75) is 25.3 Å². The number of piperidine rings is 1. The molecule has 0 bridgehead atoms. The van der Waals surface area contributed by atoms with Crippen molar-refractivity contribution in [1.29, 1.82) is 0 Å². The Bertz CT molecular complexity index is 797. The van der Waals surface area contributed by atoms with Crippen LogP contribution in [0.5, 0.6) is 0 Å². The number of halogens is 1. The molecule has 3 heterocycles. The Kier molecular flexibility index (Phi) is 4.08. The first-order valence-electron chi connectivity index (χ1n) is 8.15. The summed E-state index contributed by atoms with van der Waals surface area (Å²) in [6, 6.07) is 6.67. The van der Waals surface area contributed by atoms with E-state index in [-0.39, 0.29) is 5.82 Å². The molecule has 6 nitrogen and oxygen atoms in total. The molecule has 2 aromatic heterocycles. The summed E-state index contributed by atoms with van der Waals surface area (Å²) in [6.07, 6.45) is 7.53. The molecule has 24 heavy (non-hydrogen) atoms. The highest BCUT2D eigenvalue weighted by molar-refractivity contribution is 5.32. The van der Waals surface area contributed by atoms with Gasteiger partial charge in [-0.3, -0.25) is 10.00 Å². The molecule has 4 rings (SSSR count). The zero-order chi connectivity index (χ0) is 16.4. The number of para-hydroxylation sites is 1. The Hall–Kier alpha value is -2.54. The summed E-state index contributed by atoms with van der Waals surface area (Å²) >= 11 is 0. The molecule has 0 aliphatic carbocycles. The molecule has 0 saturated carbocycles. The largest absolute Gasteiger partial charge is 0.298 e. The molecule has 1 fully saturated rings. The molecule has 1 aliphatic heterocycles. The van der Waals surface area contributed by atoms with Gasteiger partial charge in [0.05, 0.1) is 6.20 Å². The first kappa shape index (κ1) is 15.0. The Morgan fingerprint density at radius 2 is 2.21 bits per heavy atom. The van der Waals surface area contributed by atoms with Crippen LogP contribution in [0, 0.1) is 5.82 Å². The molecule has 7 heteroatoms. The zero-order valence-corrected chi connectivity index (χ0v) is 13.3. The van der Waals surface area contributed by atoms with Gasteiger partial charge in [-0.05, 0) is 31.5 Å². The molecule has 3 aromatic rings. The molecule has 1 aliphatic rings. The summed E-state index contributed by atoms with van der Waals surface area (Å²) in [4.78, 5) is 6.67. The minimum atomic E-state index is -0.268. The fraction of sp³-hybridized carbons (Fsp3) is 0.353. The maximum atomic E-state index is 13.9. The van der Waals surface area contributed by atoms with Crippen LogP contribution in [0.2, 0.25) is 0 Å². The molecule has 0 amide bonds. The van der Waals surface area contributed by atoms with Crippen molar-refractivity contribution in [3.63, 3.8) is 0 Å². The minimum absolute atomic E-state index is 0.268. The van der Waals surface area contributed by atoms with Crippen LogP contribution in [0.15, 0.2) is 43.0 Å². The predicted octanol–water partition coefficient (Wildman–Crippen LogP) is 2.51. The Balaban J connectivity index is 1.45. The van der Waals surface area contributed by atoms with Gasteiger partial charge in [-0.25, -0.2) is 14.1 Å².